The van der Waals surface area contributed by atoms with Gasteiger partial charge in [-0.05, 0) is 48.8 Å². The fourth-order valence-electron chi connectivity index (χ4n) is 3.69. The van der Waals surface area contributed by atoms with Crippen molar-refractivity contribution in [3.05, 3.63) is 66.0 Å². The van der Waals surface area contributed by atoms with Crippen molar-refractivity contribution in [2.75, 3.05) is 0 Å². The van der Waals surface area contributed by atoms with Crippen molar-refractivity contribution in [1.29, 1.82) is 0 Å². The van der Waals surface area contributed by atoms with Gasteiger partial charge in [-0.15, -0.1) is 0 Å². The van der Waals surface area contributed by atoms with Gasteiger partial charge >= 0.3 is 0 Å². The topological polar surface area (TPSA) is 71.1 Å². The zero-order valence-corrected chi connectivity index (χ0v) is 16.4. The third-order valence-electron chi connectivity index (χ3n) is 5.49. The van der Waals surface area contributed by atoms with Crippen molar-refractivity contribution in [3.63, 3.8) is 0 Å². The van der Waals surface area contributed by atoms with E-state index in [0.717, 1.165) is 36.8 Å². The third kappa shape index (κ3) is 5.91. The Hall–Kier alpha value is -2.69. The highest BCUT2D eigenvalue weighted by Gasteiger charge is 2.28. The van der Waals surface area contributed by atoms with Crippen LogP contribution < -0.4 is 10.6 Å². The number of pyridine rings is 1. The Bertz CT molecular complexity index is 756. The molecule has 2 aromatic rings. The summed E-state index contributed by atoms with van der Waals surface area (Å²) in [6.45, 7) is 2.63. The fraction of sp³-hybridized carbons (Fsp3) is 0.435. The van der Waals surface area contributed by atoms with Gasteiger partial charge in [0.25, 0.3) is 0 Å². The molecule has 1 aromatic carbocycles. The van der Waals surface area contributed by atoms with Gasteiger partial charge in [-0.25, -0.2) is 0 Å². The monoisotopic (exact) mass is 379 g/mol. The molecule has 1 aliphatic rings. The highest BCUT2D eigenvalue weighted by molar-refractivity contribution is 5.88. The first-order valence-corrected chi connectivity index (χ1v) is 10.1. The van der Waals surface area contributed by atoms with E-state index in [1.165, 1.54) is 0 Å². The number of nitrogens with zero attached hydrogens (tertiary/aromatic N) is 1. The standard InChI is InChI=1S/C23H29N3O2/c1-17-9-11-20(12-10-17)22(27)26-21(14-18-6-3-2-4-7-18)23(28)25-16-19-8-5-13-24-15-19/h2-8,13,15,17,20-21H,9-12,14,16H2,1H3,(H,25,28)(H,26,27)/t17?,20?,21-/m0/s1. The van der Waals surface area contributed by atoms with Crippen LogP contribution in [-0.4, -0.2) is 22.8 Å². The molecule has 0 saturated heterocycles. The van der Waals surface area contributed by atoms with E-state index < -0.39 is 6.04 Å². The number of rotatable bonds is 7. The van der Waals surface area contributed by atoms with Crippen LogP contribution in [0.25, 0.3) is 0 Å². The van der Waals surface area contributed by atoms with Crippen LogP contribution in [-0.2, 0) is 22.6 Å². The normalized spacial score (nSPS) is 20.2. The molecule has 5 heteroatoms. The van der Waals surface area contributed by atoms with Crippen LogP contribution >= 0.6 is 0 Å². The minimum absolute atomic E-state index is 0.00404. The Labute approximate surface area is 167 Å². The number of amides is 2. The van der Waals surface area contributed by atoms with Gasteiger partial charge < -0.3 is 10.6 Å². The number of nitrogens with one attached hydrogen (secondary N) is 2. The van der Waals surface area contributed by atoms with Crippen LogP contribution in [0.2, 0.25) is 0 Å². The minimum Gasteiger partial charge on any atom is -0.350 e. The van der Waals surface area contributed by atoms with E-state index in [0.29, 0.717) is 18.9 Å². The Morgan fingerprint density at radius 2 is 1.75 bits per heavy atom. The highest BCUT2D eigenvalue weighted by atomic mass is 16.2. The van der Waals surface area contributed by atoms with Crippen molar-refractivity contribution in [2.24, 2.45) is 11.8 Å². The van der Waals surface area contributed by atoms with E-state index in [4.69, 9.17) is 0 Å². The fourth-order valence-corrected chi connectivity index (χ4v) is 3.69. The SMILES string of the molecule is CC1CCC(C(=O)N[C@@H](Cc2ccccc2)C(=O)NCc2cccnc2)CC1. The second kappa shape index (κ2) is 10.0. The van der Waals surface area contributed by atoms with Gasteiger partial charge in [0.2, 0.25) is 11.8 Å². The van der Waals surface area contributed by atoms with E-state index in [-0.39, 0.29) is 17.7 Å². The highest BCUT2D eigenvalue weighted by Crippen LogP contribution is 2.28. The molecular formula is C23H29N3O2. The van der Waals surface area contributed by atoms with Gasteiger partial charge in [0.15, 0.2) is 0 Å². The van der Waals surface area contributed by atoms with Crippen molar-refractivity contribution in [2.45, 2.75) is 51.6 Å². The summed E-state index contributed by atoms with van der Waals surface area (Å²) in [5, 5.41) is 5.96. The molecule has 1 atom stereocenters. The molecule has 1 fully saturated rings. The Morgan fingerprint density at radius 3 is 2.43 bits per heavy atom. The molecule has 28 heavy (non-hydrogen) atoms. The predicted octanol–water partition coefficient (Wildman–Crippen LogP) is 3.25. The van der Waals surface area contributed by atoms with E-state index in [1.807, 2.05) is 42.5 Å². The second-order valence-corrected chi connectivity index (χ2v) is 7.79. The van der Waals surface area contributed by atoms with Crippen LogP contribution in [0.5, 0.6) is 0 Å². The molecular weight excluding hydrogens is 350 g/mol. The average molecular weight is 380 g/mol. The smallest absolute Gasteiger partial charge is 0.243 e. The van der Waals surface area contributed by atoms with E-state index in [2.05, 4.69) is 22.5 Å². The van der Waals surface area contributed by atoms with E-state index >= 15 is 0 Å². The third-order valence-corrected chi connectivity index (χ3v) is 5.49. The number of carbonyl (C=O) groups excluding carboxylic acids is 2. The van der Waals surface area contributed by atoms with Gasteiger partial charge in [-0.1, -0.05) is 43.3 Å². The lowest BCUT2D eigenvalue weighted by Crippen LogP contribution is -2.49. The Balaban J connectivity index is 1.63. The molecule has 1 heterocycles. The first-order valence-electron chi connectivity index (χ1n) is 10.1. The molecule has 1 aromatic heterocycles. The zero-order valence-electron chi connectivity index (χ0n) is 16.4. The molecule has 148 valence electrons. The largest absolute Gasteiger partial charge is 0.350 e. The van der Waals surface area contributed by atoms with E-state index in [9.17, 15) is 9.59 Å². The molecule has 0 radical (unpaired) electrons. The quantitative estimate of drug-likeness (QED) is 0.776. The van der Waals surface area contributed by atoms with Gasteiger partial charge in [0.05, 0.1) is 0 Å². The van der Waals surface area contributed by atoms with Crippen LogP contribution in [0, 0.1) is 11.8 Å². The summed E-state index contributed by atoms with van der Waals surface area (Å²) in [6, 6.07) is 13.0. The first kappa shape index (κ1) is 20.1. The van der Waals surface area contributed by atoms with Crippen LogP contribution in [0.4, 0.5) is 0 Å². The lowest BCUT2D eigenvalue weighted by atomic mass is 9.82. The maximum atomic E-state index is 12.8. The molecule has 0 aliphatic heterocycles. The molecule has 1 aliphatic carbocycles. The van der Waals surface area contributed by atoms with Crippen molar-refractivity contribution < 1.29 is 9.59 Å². The second-order valence-electron chi connectivity index (χ2n) is 7.79. The Kier molecular flexibility index (Phi) is 7.18. The van der Waals surface area contributed by atoms with Crippen molar-refractivity contribution >= 4 is 11.8 Å². The molecule has 5 nitrogen and oxygen atoms in total. The molecule has 1 saturated carbocycles. The van der Waals surface area contributed by atoms with Crippen LogP contribution in [0.3, 0.4) is 0 Å². The summed E-state index contributed by atoms with van der Waals surface area (Å²) < 4.78 is 0. The van der Waals surface area contributed by atoms with E-state index in [1.54, 1.807) is 12.4 Å². The predicted molar refractivity (Wildman–Crippen MR) is 109 cm³/mol. The summed E-state index contributed by atoms with van der Waals surface area (Å²) in [5.41, 5.74) is 1.96. The Morgan fingerprint density at radius 1 is 1.04 bits per heavy atom. The number of benzene rings is 1. The van der Waals surface area contributed by atoms with Crippen LogP contribution in [0.15, 0.2) is 54.9 Å². The molecule has 0 bridgehead atoms. The number of aromatic nitrogens is 1. The maximum absolute atomic E-state index is 12.8. The lowest BCUT2D eigenvalue weighted by Gasteiger charge is -2.27. The van der Waals surface area contributed by atoms with Gasteiger partial charge in [-0.3, -0.25) is 14.6 Å². The number of carbonyl (C=O) groups is 2. The van der Waals surface area contributed by atoms with Crippen molar-refractivity contribution in [3.8, 4) is 0 Å². The van der Waals surface area contributed by atoms with Gasteiger partial charge in [0.1, 0.15) is 6.04 Å². The molecule has 2 N–H and O–H groups in total. The molecule has 2 amide bonds. The first-order chi connectivity index (χ1) is 13.6. The summed E-state index contributed by atoms with van der Waals surface area (Å²) in [5.74, 6) is 0.544. The molecule has 3 rings (SSSR count). The molecule has 0 unspecified atom stereocenters. The lowest BCUT2D eigenvalue weighted by molar-refractivity contribution is -0.132. The average Bonchev–Trinajstić information content (AvgIpc) is 2.73. The van der Waals surface area contributed by atoms with Gasteiger partial charge in [0, 0.05) is 31.3 Å². The number of hydrogen-bond acceptors (Lipinski definition) is 3. The summed E-state index contributed by atoms with van der Waals surface area (Å²) in [7, 11) is 0. The van der Waals surface area contributed by atoms with Gasteiger partial charge in [-0.2, -0.15) is 0 Å². The summed E-state index contributed by atoms with van der Waals surface area (Å²) >= 11 is 0. The van der Waals surface area contributed by atoms with Crippen LogP contribution in [0.1, 0.15) is 43.7 Å². The zero-order chi connectivity index (χ0) is 19.8. The van der Waals surface area contributed by atoms with Crippen molar-refractivity contribution in [1.82, 2.24) is 15.6 Å². The number of hydrogen-bond donors (Lipinski definition) is 2. The molecule has 0 spiro atoms. The summed E-state index contributed by atoms with van der Waals surface area (Å²) in [6.07, 6.45) is 7.88. The summed E-state index contributed by atoms with van der Waals surface area (Å²) in [4.78, 5) is 29.7. The minimum atomic E-state index is -0.578. The maximum Gasteiger partial charge on any atom is 0.243 e.